The molecule has 4 fully saturated rings. The van der Waals surface area contributed by atoms with Gasteiger partial charge >= 0.3 is 6.09 Å². The number of alkyl halides is 2. The van der Waals surface area contributed by atoms with Crippen LogP contribution in [0, 0.1) is 22.7 Å². The third-order valence-electron chi connectivity index (χ3n) is 11.0. The molecule has 1 unspecified atom stereocenters. The molecule has 5 rings (SSSR count). The van der Waals surface area contributed by atoms with Crippen LogP contribution in [0.5, 0.6) is 0 Å². The van der Waals surface area contributed by atoms with Gasteiger partial charge in [-0.3, -0.25) is 4.79 Å². The first kappa shape index (κ1) is 32.6. The highest BCUT2D eigenvalue weighted by molar-refractivity contribution is 7.99. The summed E-state index contributed by atoms with van der Waals surface area (Å²) in [5, 5.41) is 12.2. The topological polar surface area (TPSA) is 85.3 Å². The van der Waals surface area contributed by atoms with Gasteiger partial charge in [-0.05, 0) is 54.9 Å². The molecule has 10 heteroatoms. The minimum atomic E-state index is -2.17. The number of hydrogen-bond acceptors (Lipinski definition) is 7. The summed E-state index contributed by atoms with van der Waals surface area (Å²) >= 11 is 1.72. The molecular formula is C33H47F2NO6S. The Morgan fingerprint density at radius 3 is 2.67 bits per heavy atom. The molecule has 4 aliphatic carbocycles. The molecule has 240 valence electrons. The van der Waals surface area contributed by atoms with E-state index in [9.17, 15) is 14.7 Å². The fraction of sp³-hybridized carbons (Fsp3) is 0.758. The molecule has 10 atom stereocenters. The first-order chi connectivity index (χ1) is 20.2. The van der Waals surface area contributed by atoms with Gasteiger partial charge in [0.15, 0.2) is 24.2 Å². The van der Waals surface area contributed by atoms with Gasteiger partial charge in [-0.1, -0.05) is 58.9 Å². The highest BCUT2D eigenvalue weighted by atomic mass is 32.2. The van der Waals surface area contributed by atoms with E-state index in [-0.39, 0.29) is 19.3 Å². The number of Topliss-reactive ketones (excluding diaryl/α,β-unsaturated/α-hetero) is 1. The van der Waals surface area contributed by atoms with Crippen molar-refractivity contribution in [3.8, 4) is 0 Å². The van der Waals surface area contributed by atoms with Crippen molar-refractivity contribution < 1.29 is 37.7 Å². The molecule has 7 nitrogen and oxygen atoms in total. The number of carbonyl (C=O) groups is 2. The molecule has 0 radical (unpaired) electrons. The third kappa shape index (κ3) is 4.84. The lowest BCUT2D eigenvalue weighted by Gasteiger charge is -2.63. The zero-order valence-electron chi connectivity index (χ0n) is 26.2. The van der Waals surface area contributed by atoms with Crippen molar-refractivity contribution in [3.63, 3.8) is 0 Å². The second-order valence-electron chi connectivity index (χ2n) is 13.8. The van der Waals surface area contributed by atoms with E-state index in [4.69, 9.17) is 14.2 Å². The summed E-state index contributed by atoms with van der Waals surface area (Å²) in [7, 11) is 1.63. The van der Waals surface area contributed by atoms with Crippen LogP contribution in [0.4, 0.5) is 13.6 Å². The predicted octanol–water partition coefficient (Wildman–Crippen LogP) is 5.96. The number of ether oxygens (including phenoxy) is 3. The number of nitrogens with zero attached hydrogens (tertiary/aromatic N) is 1. The van der Waals surface area contributed by atoms with E-state index in [1.165, 1.54) is 4.90 Å². The number of halogens is 2. The number of rotatable bonds is 9. The number of aliphatic hydroxyl groups is 1. The fourth-order valence-electron chi connectivity index (χ4n) is 8.82. The number of hydrogen-bond donors (Lipinski definition) is 1. The van der Waals surface area contributed by atoms with Gasteiger partial charge < -0.3 is 24.2 Å². The summed E-state index contributed by atoms with van der Waals surface area (Å²) in [6.45, 7) is 13.5. The van der Waals surface area contributed by atoms with Crippen LogP contribution >= 0.6 is 11.8 Å². The highest BCUT2D eigenvalue weighted by Gasteiger charge is 2.80. The minimum Gasteiger partial charge on any atom is -0.441 e. The molecule has 0 bridgehead atoms. The Balaban J connectivity index is 1.45. The smallest absolute Gasteiger partial charge is 0.409 e. The molecule has 0 aromatic heterocycles. The van der Waals surface area contributed by atoms with E-state index in [1.54, 1.807) is 44.0 Å². The summed E-state index contributed by atoms with van der Waals surface area (Å²) in [5.41, 5.74) is -5.29. The summed E-state index contributed by atoms with van der Waals surface area (Å²) < 4.78 is 51.9. The van der Waals surface area contributed by atoms with Crippen molar-refractivity contribution in [2.75, 3.05) is 26.0 Å². The van der Waals surface area contributed by atoms with Gasteiger partial charge in [0, 0.05) is 36.1 Å². The van der Waals surface area contributed by atoms with E-state index < -0.39 is 77.1 Å². The number of carbonyl (C=O) groups excluding carboxylic acids is 2. The van der Waals surface area contributed by atoms with E-state index in [1.807, 2.05) is 13.8 Å². The van der Waals surface area contributed by atoms with Crippen LogP contribution in [-0.4, -0.2) is 89.0 Å². The molecule has 1 N–H and O–H groups in total. The first-order valence-corrected chi connectivity index (χ1v) is 16.7. The number of fused-ring (bicyclic) bond motifs is 7. The molecule has 5 aliphatic rings. The molecule has 43 heavy (non-hydrogen) atoms. The standard InChI is InChI=1S/C33H47F2NO6S/c1-8-9-28-41-27-16-21-22-15-24(34)23-14-20(4)10-11-30(23,5)32(22,35)25(37)17-31(21,6)33(27,42-28)26(38)18-40-29(39)36(7)12-13-43-19(2)3/h10-11,14,19,21-22,24-25,27-28,37H,4,8-9,12-13,15-18H2,1-3,5-7H3/t21-,22-,24-,25-,27+,28?,30-,31-,32-,33+/m0/s1. The number of aliphatic hydroxyl groups excluding tert-OH is 1. The number of thioether (sulfide) groups is 1. The summed E-state index contributed by atoms with van der Waals surface area (Å²) in [4.78, 5) is 28.5. The van der Waals surface area contributed by atoms with Gasteiger partial charge in [-0.25, -0.2) is 13.6 Å². The summed E-state index contributed by atoms with van der Waals surface area (Å²) in [6, 6.07) is 0. The van der Waals surface area contributed by atoms with Crippen LogP contribution in [-0.2, 0) is 19.0 Å². The maximum absolute atomic E-state index is 17.7. The van der Waals surface area contributed by atoms with E-state index in [0.717, 1.165) is 12.2 Å². The SMILES string of the molecule is C=C1C=C[C@@]2(C)C(=C1)[C@@H](F)C[C@H]1[C@@H]3C[C@H]4OC(CCC)O[C@@]4(C(=O)COC(=O)N(C)CCSC(C)C)[C@@]3(C)C[C@H](O)[C@@]12F. The van der Waals surface area contributed by atoms with Crippen LogP contribution in [0.2, 0.25) is 0 Å². The van der Waals surface area contributed by atoms with Gasteiger partial charge in [-0.2, -0.15) is 11.8 Å². The van der Waals surface area contributed by atoms with Crippen LogP contribution in [0.25, 0.3) is 0 Å². The van der Waals surface area contributed by atoms with E-state index >= 15 is 8.78 Å². The van der Waals surface area contributed by atoms with Crippen LogP contribution in [0.15, 0.2) is 36.0 Å². The largest absolute Gasteiger partial charge is 0.441 e. The Labute approximate surface area is 258 Å². The Kier molecular flexibility index (Phi) is 8.77. The average Bonchev–Trinajstić information content (AvgIpc) is 3.42. The van der Waals surface area contributed by atoms with Crippen molar-refractivity contribution in [3.05, 3.63) is 36.0 Å². The maximum atomic E-state index is 17.7. The maximum Gasteiger partial charge on any atom is 0.409 e. The molecule has 0 aromatic carbocycles. The van der Waals surface area contributed by atoms with Crippen molar-refractivity contribution in [2.24, 2.45) is 22.7 Å². The molecule has 0 spiro atoms. The third-order valence-corrected chi connectivity index (χ3v) is 12.1. The number of ketones is 1. The Morgan fingerprint density at radius 1 is 1.28 bits per heavy atom. The van der Waals surface area contributed by atoms with Crippen LogP contribution < -0.4 is 0 Å². The monoisotopic (exact) mass is 623 g/mol. The normalized spacial score (nSPS) is 43.0. The van der Waals surface area contributed by atoms with Gasteiger partial charge in [0.2, 0.25) is 5.78 Å². The van der Waals surface area contributed by atoms with E-state index in [2.05, 4.69) is 20.4 Å². The Morgan fingerprint density at radius 2 is 2.00 bits per heavy atom. The van der Waals surface area contributed by atoms with E-state index in [0.29, 0.717) is 29.4 Å². The second kappa shape index (κ2) is 11.6. The molecule has 1 amide bonds. The lowest BCUT2D eigenvalue weighted by atomic mass is 9.44. The lowest BCUT2D eigenvalue weighted by molar-refractivity contribution is -0.234. The zero-order chi connectivity index (χ0) is 31.5. The Hall–Kier alpha value is -1.75. The molecule has 1 aliphatic heterocycles. The lowest BCUT2D eigenvalue weighted by Crippen LogP contribution is -2.70. The van der Waals surface area contributed by atoms with Crippen molar-refractivity contribution >= 4 is 23.6 Å². The van der Waals surface area contributed by atoms with Gasteiger partial charge in [0.05, 0.1) is 12.2 Å². The van der Waals surface area contributed by atoms with Gasteiger partial charge in [0.1, 0.15) is 6.17 Å². The molecule has 1 saturated heterocycles. The van der Waals surface area contributed by atoms with Crippen molar-refractivity contribution in [2.45, 2.75) is 108 Å². The average molecular weight is 624 g/mol. The molecule has 0 aromatic rings. The summed E-state index contributed by atoms with van der Waals surface area (Å²) in [5.74, 6) is -1.14. The fourth-order valence-corrected chi connectivity index (χ4v) is 9.67. The van der Waals surface area contributed by atoms with Crippen molar-refractivity contribution in [1.29, 1.82) is 0 Å². The quantitative estimate of drug-likeness (QED) is 0.339. The van der Waals surface area contributed by atoms with Gasteiger partial charge in [0.25, 0.3) is 0 Å². The number of amides is 1. The minimum absolute atomic E-state index is 0.0794. The second-order valence-corrected chi connectivity index (χ2v) is 15.5. The van der Waals surface area contributed by atoms with Crippen LogP contribution in [0.3, 0.4) is 0 Å². The predicted molar refractivity (Wildman–Crippen MR) is 162 cm³/mol. The molecule has 1 heterocycles. The Bertz CT molecular complexity index is 1210. The van der Waals surface area contributed by atoms with Crippen molar-refractivity contribution in [1.82, 2.24) is 4.90 Å². The molecule has 3 saturated carbocycles. The highest BCUT2D eigenvalue weighted by Crippen LogP contribution is 2.72. The van der Waals surface area contributed by atoms with Gasteiger partial charge in [-0.15, -0.1) is 0 Å². The summed E-state index contributed by atoms with van der Waals surface area (Å²) in [6.07, 6.45) is 1.38. The zero-order valence-corrected chi connectivity index (χ0v) is 27.1. The number of allylic oxidation sites excluding steroid dienone is 5. The molecular weight excluding hydrogens is 576 g/mol. The first-order valence-electron chi connectivity index (χ1n) is 15.6. The van der Waals surface area contributed by atoms with Crippen LogP contribution in [0.1, 0.15) is 66.7 Å².